The number of nitrogens with one attached hydrogen (secondary N) is 1. The number of sulfone groups is 1. The van der Waals surface area contributed by atoms with Gasteiger partial charge in [0.1, 0.15) is 0 Å². The van der Waals surface area contributed by atoms with Gasteiger partial charge < -0.3 is 16.2 Å². The molecule has 0 aliphatic carbocycles. The Morgan fingerprint density at radius 3 is 2.67 bits per heavy atom. The van der Waals surface area contributed by atoms with E-state index in [9.17, 15) is 13.2 Å². The first-order valence-corrected chi connectivity index (χ1v) is 7.25. The van der Waals surface area contributed by atoms with Crippen molar-refractivity contribution in [1.29, 1.82) is 0 Å². The predicted molar refractivity (Wildman–Crippen MR) is 70.6 cm³/mol. The lowest BCUT2D eigenvalue weighted by atomic mass is 10.1. The van der Waals surface area contributed by atoms with Crippen molar-refractivity contribution in [3.63, 3.8) is 0 Å². The fourth-order valence-electron chi connectivity index (χ4n) is 1.38. The van der Waals surface area contributed by atoms with Crippen molar-refractivity contribution in [3.05, 3.63) is 23.8 Å². The molecule has 0 saturated heterocycles. The summed E-state index contributed by atoms with van der Waals surface area (Å²) in [5, 5.41) is 11.8. The summed E-state index contributed by atoms with van der Waals surface area (Å²) >= 11 is 0. The predicted octanol–water partition coefficient (Wildman–Crippen LogP) is 0.814. The number of nitrogens with two attached hydrogens (primary N) is 1. The first kappa shape index (κ1) is 14.3. The third-order valence-corrected chi connectivity index (χ3v) is 4.15. The van der Waals surface area contributed by atoms with E-state index in [0.29, 0.717) is 11.4 Å². The van der Waals surface area contributed by atoms with Crippen molar-refractivity contribution < 1.29 is 18.3 Å². The van der Waals surface area contributed by atoms with Crippen LogP contribution in [0.3, 0.4) is 0 Å². The zero-order valence-electron chi connectivity index (χ0n) is 10.0. The van der Waals surface area contributed by atoms with Gasteiger partial charge >= 0.3 is 5.97 Å². The number of hydrogen-bond donors (Lipinski definition) is 3. The van der Waals surface area contributed by atoms with Gasteiger partial charge in [-0.2, -0.15) is 0 Å². The number of nitrogen functional groups attached to an aromatic ring is 1. The average molecular weight is 272 g/mol. The molecule has 0 bridgehead atoms. The van der Waals surface area contributed by atoms with Crippen LogP contribution >= 0.6 is 0 Å². The summed E-state index contributed by atoms with van der Waals surface area (Å²) in [6.07, 6.45) is 0. The Morgan fingerprint density at radius 2 is 2.11 bits per heavy atom. The summed E-state index contributed by atoms with van der Waals surface area (Å²) in [4.78, 5) is 11.0. The van der Waals surface area contributed by atoms with Crippen molar-refractivity contribution in [2.45, 2.75) is 6.92 Å². The molecule has 6 nitrogen and oxygen atoms in total. The number of rotatable bonds is 6. The van der Waals surface area contributed by atoms with E-state index in [0.717, 1.165) is 0 Å². The maximum atomic E-state index is 11.3. The smallest absolute Gasteiger partial charge is 0.337 e. The van der Waals surface area contributed by atoms with Crippen LogP contribution in [-0.2, 0) is 9.84 Å². The fraction of sp³-hybridized carbons (Fsp3) is 0.364. The maximum Gasteiger partial charge on any atom is 0.337 e. The van der Waals surface area contributed by atoms with Crippen molar-refractivity contribution >= 4 is 27.2 Å². The van der Waals surface area contributed by atoms with Crippen molar-refractivity contribution in [1.82, 2.24) is 0 Å². The molecule has 0 unspecified atom stereocenters. The first-order chi connectivity index (χ1) is 8.35. The third kappa shape index (κ3) is 3.92. The summed E-state index contributed by atoms with van der Waals surface area (Å²) in [5.41, 5.74) is 6.24. The van der Waals surface area contributed by atoms with Gasteiger partial charge in [-0.1, -0.05) is 6.92 Å². The van der Waals surface area contributed by atoms with E-state index in [2.05, 4.69) is 5.32 Å². The summed E-state index contributed by atoms with van der Waals surface area (Å²) in [5.74, 6) is -1.07. The minimum absolute atomic E-state index is 0.0314. The number of hydrogen-bond acceptors (Lipinski definition) is 5. The van der Waals surface area contributed by atoms with Crippen molar-refractivity contribution in [3.8, 4) is 0 Å². The number of anilines is 2. The van der Waals surface area contributed by atoms with E-state index >= 15 is 0 Å². The van der Waals surface area contributed by atoms with Crippen LogP contribution in [0.2, 0.25) is 0 Å². The maximum absolute atomic E-state index is 11.3. The van der Waals surface area contributed by atoms with Gasteiger partial charge in [0.25, 0.3) is 0 Å². The fourth-order valence-corrected chi connectivity index (χ4v) is 2.08. The molecule has 0 radical (unpaired) electrons. The van der Waals surface area contributed by atoms with Crippen LogP contribution in [0.4, 0.5) is 11.4 Å². The van der Waals surface area contributed by atoms with Gasteiger partial charge in [0.15, 0.2) is 9.84 Å². The largest absolute Gasteiger partial charge is 0.478 e. The molecule has 1 aromatic rings. The highest BCUT2D eigenvalue weighted by atomic mass is 32.2. The summed E-state index contributed by atoms with van der Waals surface area (Å²) in [6.45, 7) is 1.74. The summed E-state index contributed by atoms with van der Waals surface area (Å²) in [7, 11) is -3.07. The van der Waals surface area contributed by atoms with E-state index in [1.54, 1.807) is 13.0 Å². The molecular weight excluding hydrogens is 256 g/mol. The van der Waals surface area contributed by atoms with Gasteiger partial charge in [0.2, 0.25) is 0 Å². The zero-order chi connectivity index (χ0) is 13.8. The van der Waals surface area contributed by atoms with Crippen LogP contribution in [0.5, 0.6) is 0 Å². The molecule has 0 aliphatic rings. The molecule has 0 spiro atoms. The van der Waals surface area contributed by atoms with Crippen molar-refractivity contribution in [2.75, 3.05) is 29.1 Å². The highest BCUT2D eigenvalue weighted by molar-refractivity contribution is 7.91. The molecule has 100 valence electrons. The second kappa shape index (κ2) is 5.72. The molecule has 1 rings (SSSR count). The van der Waals surface area contributed by atoms with E-state index < -0.39 is 15.8 Å². The van der Waals surface area contributed by atoms with E-state index in [1.807, 2.05) is 0 Å². The molecular formula is C11H16N2O4S. The molecule has 0 saturated carbocycles. The third-order valence-electron chi connectivity index (χ3n) is 2.44. The first-order valence-electron chi connectivity index (χ1n) is 5.43. The van der Waals surface area contributed by atoms with Crippen molar-refractivity contribution in [2.24, 2.45) is 0 Å². The zero-order valence-corrected chi connectivity index (χ0v) is 10.8. The SMILES string of the molecule is CCS(=O)(=O)CCNc1ccc(N)cc1C(=O)O. The van der Waals surface area contributed by atoms with Gasteiger partial charge in [0, 0.05) is 23.7 Å². The van der Waals surface area contributed by atoms with Crippen LogP contribution in [0.25, 0.3) is 0 Å². The number of carboxylic acid groups (broad SMARTS) is 1. The van der Waals surface area contributed by atoms with E-state index in [-0.39, 0.29) is 23.6 Å². The number of aromatic carboxylic acids is 1. The number of benzene rings is 1. The Kier molecular flexibility index (Phi) is 4.55. The van der Waals surface area contributed by atoms with Crippen LogP contribution in [0, 0.1) is 0 Å². The monoisotopic (exact) mass is 272 g/mol. The van der Waals surface area contributed by atoms with E-state index in [1.165, 1.54) is 12.1 Å². The molecule has 18 heavy (non-hydrogen) atoms. The highest BCUT2D eigenvalue weighted by Gasteiger charge is 2.11. The number of carboxylic acids is 1. The topological polar surface area (TPSA) is 109 Å². The molecule has 4 N–H and O–H groups in total. The van der Waals surface area contributed by atoms with Gasteiger partial charge in [0.05, 0.1) is 11.3 Å². The van der Waals surface area contributed by atoms with Crippen LogP contribution in [0.1, 0.15) is 17.3 Å². The minimum Gasteiger partial charge on any atom is -0.478 e. The van der Waals surface area contributed by atoms with Gasteiger partial charge in [-0.15, -0.1) is 0 Å². The molecule has 0 atom stereocenters. The Labute approximate surface area is 106 Å². The Morgan fingerprint density at radius 1 is 1.44 bits per heavy atom. The Balaban J connectivity index is 2.77. The lowest BCUT2D eigenvalue weighted by Crippen LogP contribution is -2.18. The molecule has 0 aromatic heterocycles. The van der Waals surface area contributed by atoms with Gasteiger partial charge in [-0.25, -0.2) is 13.2 Å². The molecule has 0 amide bonds. The van der Waals surface area contributed by atoms with Gasteiger partial charge in [-0.05, 0) is 18.2 Å². The normalized spacial score (nSPS) is 11.2. The standard InChI is InChI=1S/C11H16N2O4S/c1-2-18(16,17)6-5-13-10-4-3-8(12)7-9(10)11(14)15/h3-4,7,13H,2,5-6,12H2,1H3,(H,14,15). The summed E-state index contributed by atoms with van der Waals surface area (Å²) in [6, 6.07) is 4.42. The van der Waals surface area contributed by atoms with Crippen LogP contribution in [-0.4, -0.2) is 37.5 Å². The number of carbonyl (C=O) groups is 1. The molecule has 1 aromatic carbocycles. The Hall–Kier alpha value is -1.76. The van der Waals surface area contributed by atoms with E-state index in [4.69, 9.17) is 10.8 Å². The lowest BCUT2D eigenvalue weighted by molar-refractivity contribution is 0.0698. The molecule has 0 aliphatic heterocycles. The minimum atomic E-state index is -3.07. The quantitative estimate of drug-likeness (QED) is 0.661. The van der Waals surface area contributed by atoms with Crippen LogP contribution in [0.15, 0.2) is 18.2 Å². The second-order valence-electron chi connectivity index (χ2n) is 3.77. The molecule has 0 fully saturated rings. The lowest BCUT2D eigenvalue weighted by Gasteiger charge is -2.10. The Bertz CT molecular complexity index is 540. The molecule has 0 heterocycles. The molecule has 7 heteroatoms. The van der Waals surface area contributed by atoms with Gasteiger partial charge in [-0.3, -0.25) is 0 Å². The van der Waals surface area contributed by atoms with Crippen LogP contribution < -0.4 is 11.1 Å². The average Bonchev–Trinajstić information content (AvgIpc) is 2.30. The second-order valence-corrected chi connectivity index (χ2v) is 6.25. The summed E-state index contributed by atoms with van der Waals surface area (Å²) < 4.78 is 22.6. The highest BCUT2D eigenvalue weighted by Crippen LogP contribution is 2.18.